The van der Waals surface area contributed by atoms with Crippen LogP contribution >= 0.6 is 22.9 Å². The average Bonchev–Trinajstić information content (AvgIpc) is 3.87. The molecule has 0 bridgehead atoms. The predicted molar refractivity (Wildman–Crippen MR) is 195 cm³/mol. The summed E-state index contributed by atoms with van der Waals surface area (Å²) < 4.78 is 52.9. The van der Waals surface area contributed by atoms with Crippen LogP contribution in [0.5, 0.6) is 6.01 Å². The van der Waals surface area contributed by atoms with E-state index in [4.69, 9.17) is 21.3 Å². The molecule has 3 fully saturated rings. The van der Waals surface area contributed by atoms with Gasteiger partial charge in [-0.05, 0) is 42.5 Å². The van der Waals surface area contributed by atoms with Crippen LogP contribution in [0.4, 0.5) is 19.0 Å². The molecular formula is C38H33ClF3N7O2S. The van der Waals surface area contributed by atoms with Crippen LogP contribution in [0.15, 0.2) is 65.9 Å². The number of rotatable bonds is 8. The molecule has 0 aliphatic carbocycles. The Morgan fingerprint density at radius 3 is 2.77 bits per heavy atom. The third-order valence-electron chi connectivity index (χ3n) is 10.4. The number of carbonyl (C=O) groups is 1. The fourth-order valence-corrected chi connectivity index (χ4v) is 8.85. The van der Waals surface area contributed by atoms with Crippen molar-refractivity contribution in [2.75, 3.05) is 44.2 Å². The molecule has 14 heteroatoms. The zero-order valence-electron chi connectivity index (χ0n) is 27.9. The summed E-state index contributed by atoms with van der Waals surface area (Å²) >= 11 is 7.84. The Balaban J connectivity index is 1.18. The number of nitrogens with zero attached hydrogens (tertiary/aromatic N) is 7. The Hall–Kier alpha value is -4.77. The minimum absolute atomic E-state index is 0.0184. The van der Waals surface area contributed by atoms with E-state index in [9.17, 15) is 14.4 Å². The number of benzene rings is 3. The first-order chi connectivity index (χ1) is 25.2. The van der Waals surface area contributed by atoms with Gasteiger partial charge in [0.1, 0.15) is 29.1 Å². The number of piperazine rings is 1. The third-order valence-corrected chi connectivity index (χ3v) is 11.5. The lowest BCUT2D eigenvalue weighted by Crippen LogP contribution is -2.55. The van der Waals surface area contributed by atoms with E-state index in [-0.39, 0.29) is 44.2 Å². The molecule has 3 aliphatic heterocycles. The van der Waals surface area contributed by atoms with E-state index in [2.05, 4.69) is 20.9 Å². The van der Waals surface area contributed by atoms with Gasteiger partial charge in [0.15, 0.2) is 11.6 Å². The number of alkyl halides is 1. The van der Waals surface area contributed by atoms with Crippen LogP contribution in [0.3, 0.4) is 0 Å². The number of hydrogen-bond acceptors (Lipinski definition) is 9. The molecule has 0 unspecified atom stereocenters. The van der Waals surface area contributed by atoms with Crippen LogP contribution in [0.25, 0.3) is 38.9 Å². The smallest absolute Gasteiger partial charge is 0.319 e. The van der Waals surface area contributed by atoms with Gasteiger partial charge in [-0.3, -0.25) is 9.69 Å². The van der Waals surface area contributed by atoms with Gasteiger partial charge in [-0.15, -0.1) is 11.3 Å². The van der Waals surface area contributed by atoms with Crippen molar-refractivity contribution in [2.24, 2.45) is 0 Å². The lowest BCUT2D eigenvalue weighted by atomic mass is 9.95. The maximum Gasteiger partial charge on any atom is 0.319 e. The summed E-state index contributed by atoms with van der Waals surface area (Å²) in [6.45, 7) is 1.69. The van der Waals surface area contributed by atoms with Gasteiger partial charge < -0.3 is 14.5 Å². The van der Waals surface area contributed by atoms with Crippen molar-refractivity contribution < 1.29 is 22.7 Å². The molecule has 266 valence electrons. The molecule has 3 saturated heterocycles. The third kappa shape index (κ3) is 6.22. The highest BCUT2D eigenvalue weighted by atomic mass is 35.5. The van der Waals surface area contributed by atoms with Crippen molar-refractivity contribution in [3.8, 4) is 23.2 Å². The van der Waals surface area contributed by atoms with E-state index in [0.29, 0.717) is 50.7 Å². The van der Waals surface area contributed by atoms with E-state index < -0.39 is 35.3 Å². The number of anilines is 1. The number of nitriles is 1. The van der Waals surface area contributed by atoms with Gasteiger partial charge in [0, 0.05) is 71.6 Å². The van der Waals surface area contributed by atoms with E-state index in [0.717, 1.165) is 30.8 Å². The minimum Gasteiger partial charge on any atom is -0.461 e. The molecule has 3 aromatic carbocycles. The van der Waals surface area contributed by atoms with E-state index in [1.165, 1.54) is 22.4 Å². The highest BCUT2D eigenvalue weighted by molar-refractivity contribution is 7.10. The lowest BCUT2D eigenvalue weighted by Gasteiger charge is -2.41. The summed E-state index contributed by atoms with van der Waals surface area (Å²) in [5.41, 5.74) is 0.418. The van der Waals surface area contributed by atoms with Crippen LogP contribution < -0.4 is 9.64 Å². The fraction of sp³-hybridized carbons (Fsp3) is 0.342. The van der Waals surface area contributed by atoms with Crippen molar-refractivity contribution in [3.05, 3.63) is 81.8 Å². The van der Waals surface area contributed by atoms with Crippen molar-refractivity contribution >= 4 is 62.4 Å². The van der Waals surface area contributed by atoms with Crippen molar-refractivity contribution in [1.29, 1.82) is 5.26 Å². The Bertz CT molecular complexity index is 2240. The van der Waals surface area contributed by atoms with Gasteiger partial charge in [-0.25, -0.2) is 18.2 Å². The second kappa shape index (κ2) is 14.0. The fourth-order valence-electron chi connectivity index (χ4n) is 8.01. The van der Waals surface area contributed by atoms with Gasteiger partial charge in [-0.1, -0.05) is 48.0 Å². The molecule has 0 N–H and O–H groups in total. The standard InChI is InChI=1S/C38H33ClF3N7O2S/c39-29-7-2-5-23-4-1-6-26(32(23)29)27-8-9-28-34(33(27)42)45-37(51-22-38-11-3-14-48(38)20-24(40)19-38)46-35(28)47-15-16-49(25(21-47)10-12-43)36(50)30(41)18-31-44-13-17-52-31/h1-2,4-9,13,17-18,24-25H,3,10-11,14-16,19-22H2/b30-18-/t24-,25+,38+/m1/s1. The van der Waals surface area contributed by atoms with Gasteiger partial charge in [0.2, 0.25) is 0 Å². The monoisotopic (exact) mass is 743 g/mol. The van der Waals surface area contributed by atoms with Gasteiger partial charge in [-0.2, -0.15) is 15.2 Å². The Morgan fingerprint density at radius 1 is 1.12 bits per heavy atom. The number of carbonyl (C=O) groups excluding carboxylic acids is 1. The number of amides is 1. The first kappa shape index (κ1) is 34.3. The lowest BCUT2D eigenvalue weighted by molar-refractivity contribution is -0.131. The number of halogens is 4. The zero-order valence-corrected chi connectivity index (χ0v) is 29.5. The number of fused-ring (bicyclic) bond motifs is 3. The van der Waals surface area contributed by atoms with E-state index in [1.54, 1.807) is 23.6 Å². The first-order valence-corrected chi connectivity index (χ1v) is 18.4. The van der Waals surface area contributed by atoms with Crippen LogP contribution in [0.1, 0.15) is 30.7 Å². The van der Waals surface area contributed by atoms with Crippen molar-refractivity contribution in [1.82, 2.24) is 24.8 Å². The van der Waals surface area contributed by atoms with Crippen LogP contribution in [0.2, 0.25) is 5.02 Å². The summed E-state index contributed by atoms with van der Waals surface area (Å²) in [6.07, 6.45) is 3.63. The highest BCUT2D eigenvalue weighted by Gasteiger charge is 2.49. The summed E-state index contributed by atoms with van der Waals surface area (Å²) in [5, 5.41) is 14.2. The molecule has 2 aromatic heterocycles. The largest absolute Gasteiger partial charge is 0.461 e. The number of thiazole rings is 1. The van der Waals surface area contributed by atoms with Crippen molar-refractivity contribution in [2.45, 2.75) is 43.4 Å². The topological polar surface area (TPSA) is 98.5 Å². The molecule has 9 nitrogen and oxygen atoms in total. The summed E-state index contributed by atoms with van der Waals surface area (Å²) in [6, 6.07) is 15.9. The molecule has 0 radical (unpaired) electrons. The molecule has 1 amide bonds. The van der Waals surface area contributed by atoms with Gasteiger partial charge in [0.25, 0.3) is 5.91 Å². The highest BCUT2D eigenvalue weighted by Crippen LogP contribution is 2.42. The average molecular weight is 744 g/mol. The normalized spacial score (nSPS) is 22.2. The van der Waals surface area contributed by atoms with Crippen LogP contribution in [0, 0.1) is 17.1 Å². The molecule has 0 saturated carbocycles. The summed E-state index contributed by atoms with van der Waals surface area (Å²) in [7, 11) is 0. The van der Waals surface area contributed by atoms with E-state index >= 15 is 8.78 Å². The number of ether oxygens (including phenoxy) is 1. The Labute approximate surface area is 306 Å². The summed E-state index contributed by atoms with van der Waals surface area (Å²) in [4.78, 5) is 32.0. The summed E-state index contributed by atoms with van der Waals surface area (Å²) in [5.74, 6) is -2.05. The Kier molecular flexibility index (Phi) is 9.23. The first-order valence-electron chi connectivity index (χ1n) is 17.1. The van der Waals surface area contributed by atoms with Crippen LogP contribution in [-0.4, -0.2) is 87.7 Å². The van der Waals surface area contributed by atoms with Gasteiger partial charge in [0.05, 0.1) is 24.1 Å². The maximum atomic E-state index is 16.9. The SMILES string of the molecule is N#CC[C@H]1CN(c2nc(OC[C@@]34CCCN3C[C@H](F)C4)nc3c(F)c(-c4cccc5cccc(Cl)c45)ccc23)CCN1C(=O)/C(F)=C/c1nccs1. The molecule has 3 atom stereocenters. The molecule has 0 spiro atoms. The number of hydrogen-bond donors (Lipinski definition) is 0. The second-order valence-corrected chi connectivity index (χ2v) is 14.8. The molecule has 52 heavy (non-hydrogen) atoms. The zero-order chi connectivity index (χ0) is 36.0. The van der Waals surface area contributed by atoms with E-state index in [1.807, 2.05) is 35.2 Å². The molecule has 8 rings (SSSR count). The predicted octanol–water partition coefficient (Wildman–Crippen LogP) is 7.60. The quantitative estimate of drug-likeness (QED) is 0.150. The van der Waals surface area contributed by atoms with Crippen LogP contribution in [-0.2, 0) is 4.79 Å². The molecular weight excluding hydrogens is 711 g/mol. The maximum absolute atomic E-state index is 16.9. The molecule has 5 heterocycles. The number of aromatic nitrogens is 3. The second-order valence-electron chi connectivity index (χ2n) is 13.5. The molecule has 5 aromatic rings. The molecule has 3 aliphatic rings. The van der Waals surface area contributed by atoms with Crippen molar-refractivity contribution in [3.63, 3.8) is 0 Å². The van der Waals surface area contributed by atoms with Gasteiger partial charge >= 0.3 is 6.01 Å². The Morgan fingerprint density at radius 2 is 1.96 bits per heavy atom. The minimum atomic E-state index is -0.972.